The molecule has 0 amide bonds. The molecule has 0 saturated heterocycles. The highest BCUT2D eigenvalue weighted by molar-refractivity contribution is 7.92. The number of ether oxygens (including phenoxy) is 2. The molecule has 2 aromatic rings. The number of aryl methyl sites for hydroxylation is 1. The Morgan fingerprint density at radius 3 is 2.75 bits per heavy atom. The van der Waals surface area contributed by atoms with E-state index < -0.39 is 10.0 Å². The molecule has 0 atom stereocenters. The summed E-state index contributed by atoms with van der Waals surface area (Å²) in [7, 11) is -3.69. The molecule has 1 heterocycles. The maximum Gasteiger partial charge on any atom is 0.262 e. The van der Waals surface area contributed by atoms with Gasteiger partial charge in [-0.3, -0.25) is 4.72 Å². The van der Waals surface area contributed by atoms with Crippen LogP contribution in [0.1, 0.15) is 25.8 Å². The predicted octanol–water partition coefficient (Wildman–Crippen LogP) is 3.60. The SMILES string of the molecule is CC(C)Oc1ccccc1NS(=O)(=O)c1ccc2c(c1)CCCO2. The van der Waals surface area contributed by atoms with Crippen molar-refractivity contribution in [3.05, 3.63) is 48.0 Å². The summed E-state index contributed by atoms with van der Waals surface area (Å²) in [6, 6.07) is 12.0. The summed E-state index contributed by atoms with van der Waals surface area (Å²) in [6.45, 7) is 4.47. The van der Waals surface area contributed by atoms with Crippen molar-refractivity contribution in [2.75, 3.05) is 11.3 Å². The quantitative estimate of drug-likeness (QED) is 0.897. The monoisotopic (exact) mass is 347 g/mol. The van der Waals surface area contributed by atoms with Crippen LogP contribution in [0.15, 0.2) is 47.4 Å². The molecule has 1 aliphatic heterocycles. The number of para-hydroxylation sites is 2. The molecule has 1 N–H and O–H groups in total. The first-order valence-electron chi connectivity index (χ1n) is 8.00. The average molecular weight is 347 g/mol. The van der Waals surface area contributed by atoms with Gasteiger partial charge in [0.2, 0.25) is 0 Å². The topological polar surface area (TPSA) is 64.6 Å². The Hall–Kier alpha value is -2.21. The highest BCUT2D eigenvalue weighted by atomic mass is 32.2. The van der Waals surface area contributed by atoms with Gasteiger partial charge in [-0.05, 0) is 62.6 Å². The molecular weight excluding hydrogens is 326 g/mol. The summed E-state index contributed by atoms with van der Waals surface area (Å²) in [5.74, 6) is 1.28. The number of sulfonamides is 1. The number of fused-ring (bicyclic) bond motifs is 1. The van der Waals surface area contributed by atoms with E-state index in [9.17, 15) is 8.42 Å². The van der Waals surface area contributed by atoms with Crippen molar-refractivity contribution in [3.63, 3.8) is 0 Å². The van der Waals surface area contributed by atoms with E-state index in [-0.39, 0.29) is 11.0 Å². The number of nitrogens with one attached hydrogen (secondary N) is 1. The van der Waals surface area contributed by atoms with Gasteiger partial charge in [0.05, 0.1) is 23.3 Å². The van der Waals surface area contributed by atoms with Crippen LogP contribution in [0.5, 0.6) is 11.5 Å². The van der Waals surface area contributed by atoms with Crippen molar-refractivity contribution in [3.8, 4) is 11.5 Å². The van der Waals surface area contributed by atoms with Crippen LogP contribution in [0.3, 0.4) is 0 Å². The lowest BCUT2D eigenvalue weighted by Crippen LogP contribution is -2.16. The second kappa shape index (κ2) is 6.73. The third-order valence-corrected chi connectivity index (χ3v) is 5.05. The summed E-state index contributed by atoms with van der Waals surface area (Å²) in [6.07, 6.45) is 1.68. The van der Waals surface area contributed by atoms with Gasteiger partial charge in [-0.2, -0.15) is 0 Å². The Bertz CT molecular complexity index is 831. The van der Waals surface area contributed by atoms with Crippen molar-refractivity contribution in [1.82, 2.24) is 0 Å². The van der Waals surface area contributed by atoms with Crippen LogP contribution in [-0.4, -0.2) is 21.1 Å². The lowest BCUT2D eigenvalue weighted by Gasteiger charge is -2.19. The van der Waals surface area contributed by atoms with Crippen LogP contribution in [0, 0.1) is 0 Å². The van der Waals surface area contributed by atoms with Crippen LogP contribution >= 0.6 is 0 Å². The molecule has 0 radical (unpaired) electrons. The van der Waals surface area contributed by atoms with Gasteiger partial charge in [0, 0.05) is 0 Å². The van der Waals surface area contributed by atoms with E-state index >= 15 is 0 Å². The second-order valence-corrected chi connectivity index (χ2v) is 7.67. The zero-order valence-corrected chi connectivity index (χ0v) is 14.6. The van der Waals surface area contributed by atoms with E-state index in [1.54, 1.807) is 36.4 Å². The first-order valence-corrected chi connectivity index (χ1v) is 9.48. The van der Waals surface area contributed by atoms with E-state index in [2.05, 4.69) is 4.72 Å². The summed E-state index contributed by atoms with van der Waals surface area (Å²) in [4.78, 5) is 0.228. The first-order chi connectivity index (χ1) is 11.5. The zero-order valence-electron chi connectivity index (χ0n) is 13.8. The Kier molecular flexibility index (Phi) is 4.66. The Morgan fingerprint density at radius 2 is 1.96 bits per heavy atom. The maximum absolute atomic E-state index is 12.7. The van der Waals surface area contributed by atoms with Gasteiger partial charge in [-0.25, -0.2) is 8.42 Å². The molecular formula is C18H21NO4S. The van der Waals surface area contributed by atoms with Crippen molar-refractivity contribution in [1.29, 1.82) is 0 Å². The average Bonchev–Trinajstić information content (AvgIpc) is 2.55. The van der Waals surface area contributed by atoms with E-state index in [0.29, 0.717) is 18.0 Å². The lowest BCUT2D eigenvalue weighted by molar-refractivity contribution is 0.244. The smallest absolute Gasteiger partial charge is 0.262 e. The van der Waals surface area contributed by atoms with Crippen LogP contribution in [0.25, 0.3) is 0 Å². The fourth-order valence-electron chi connectivity index (χ4n) is 2.62. The van der Waals surface area contributed by atoms with Gasteiger partial charge in [0.1, 0.15) is 11.5 Å². The molecule has 0 fully saturated rings. The molecule has 3 rings (SSSR count). The fourth-order valence-corrected chi connectivity index (χ4v) is 3.74. The molecule has 0 spiro atoms. The number of benzene rings is 2. The second-order valence-electron chi connectivity index (χ2n) is 5.99. The normalized spacial score (nSPS) is 14.0. The minimum atomic E-state index is -3.69. The van der Waals surface area contributed by atoms with Crippen LogP contribution < -0.4 is 14.2 Å². The highest BCUT2D eigenvalue weighted by Crippen LogP contribution is 2.30. The minimum Gasteiger partial charge on any atom is -0.493 e. The largest absolute Gasteiger partial charge is 0.493 e. The minimum absolute atomic E-state index is 0.0449. The van der Waals surface area contributed by atoms with Gasteiger partial charge in [0.25, 0.3) is 10.0 Å². The van der Waals surface area contributed by atoms with Gasteiger partial charge < -0.3 is 9.47 Å². The first kappa shape index (κ1) is 16.6. The van der Waals surface area contributed by atoms with E-state index in [1.165, 1.54) is 0 Å². The standard InChI is InChI=1S/C18H21NO4S/c1-13(2)23-18-8-4-3-7-16(18)19-24(20,21)15-9-10-17-14(12-15)6-5-11-22-17/h3-4,7-10,12-13,19H,5-6,11H2,1-2H3. The molecule has 2 aromatic carbocycles. The maximum atomic E-state index is 12.7. The van der Waals surface area contributed by atoms with Crippen molar-refractivity contribution in [2.24, 2.45) is 0 Å². The molecule has 0 aromatic heterocycles. The lowest BCUT2D eigenvalue weighted by atomic mass is 10.1. The Labute approximate surface area is 142 Å². The molecule has 5 nitrogen and oxygen atoms in total. The molecule has 1 aliphatic rings. The molecule has 0 aliphatic carbocycles. The van der Waals surface area contributed by atoms with E-state index in [1.807, 2.05) is 19.9 Å². The summed E-state index contributed by atoms with van der Waals surface area (Å²) < 4.78 is 39.3. The highest BCUT2D eigenvalue weighted by Gasteiger charge is 2.20. The molecule has 24 heavy (non-hydrogen) atoms. The third kappa shape index (κ3) is 3.64. The molecule has 0 unspecified atom stereocenters. The summed E-state index contributed by atoms with van der Waals surface area (Å²) >= 11 is 0. The van der Waals surface area contributed by atoms with Crippen LogP contribution in [0.2, 0.25) is 0 Å². The zero-order chi connectivity index (χ0) is 17.2. The van der Waals surface area contributed by atoms with Gasteiger partial charge in [0.15, 0.2) is 0 Å². The van der Waals surface area contributed by atoms with Gasteiger partial charge in [-0.1, -0.05) is 12.1 Å². The number of rotatable bonds is 5. The van der Waals surface area contributed by atoms with E-state index in [4.69, 9.17) is 9.47 Å². The number of anilines is 1. The predicted molar refractivity (Wildman–Crippen MR) is 93.3 cm³/mol. The van der Waals surface area contributed by atoms with Crippen LogP contribution in [-0.2, 0) is 16.4 Å². The fraction of sp³-hybridized carbons (Fsp3) is 0.333. The molecule has 0 saturated carbocycles. The number of hydrogen-bond acceptors (Lipinski definition) is 4. The van der Waals surface area contributed by atoms with Gasteiger partial charge in [-0.15, -0.1) is 0 Å². The Balaban J connectivity index is 1.89. The third-order valence-electron chi connectivity index (χ3n) is 3.68. The van der Waals surface area contributed by atoms with Crippen LogP contribution in [0.4, 0.5) is 5.69 Å². The summed E-state index contributed by atoms with van der Waals surface area (Å²) in [5, 5.41) is 0. The van der Waals surface area contributed by atoms with E-state index in [0.717, 1.165) is 24.2 Å². The molecule has 6 heteroatoms. The molecule has 128 valence electrons. The summed E-state index contributed by atoms with van der Waals surface area (Å²) in [5.41, 5.74) is 1.36. The molecule has 0 bridgehead atoms. The van der Waals surface area contributed by atoms with Crippen molar-refractivity contribution >= 4 is 15.7 Å². The number of hydrogen-bond donors (Lipinski definition) is 1. The van der Waals surface area contributed by atoms with Crippen molar-refractivity contribution < 1.29 is 17.9 Å². The Morgan fingerprint density at radius 1 is 1.17 bits per heavy atom. The van der Waals surface area contributed by atoms with Crippen molar-refractivity contribution in [2.45, 2.75) is 37.7 Å². The van der Waals surface area contributed by atoms with Gasteiger partial charge >= 0.3 is 0 Å².